The molecule has 2 aliphatic rings. The summed E-state index contributed by atoms with van der Waals surface area (Å²) >= 11 is 0. The third-order valence-electron chi connectivity index (χ3n) is 7.07. The Kier molecular flexibility index (Phi) is 7.97. The van der Waals surface area contributed by atoms with E-state index in [4.69, 9.17) is 9.47 Å². The minimum Gasteiger partial charge on any atom is -0.496 e. The van der Waals surface area contributed by atoms with Crippen LogP contribution >= 0.6 is 0 Å². The number of ether oxygens (including phenoxy) is 2. The molecule has 3 N–H and O–H groups in total. The summed E-state index contributed by atoms with van der Waals surface area (Å²) in [5, 5.41) is 15.2. The second-order valence-electron chi connectivity index (χ2n) is 11.2. The summed E-state index contributed by atoms with van der Waals surface area (Å²) in [6.45, 7) is 8.35. The first-order chi connectivity index (χ1) is 16.3. The molecule has 2 atom stereocenters. The van der Waals surface area contributed by atoms with Crippen LogP contribution in [0.3, 0.4) is 0 Å². The number of aliphatic carboxylic acids is 1. The molecule has 2 saturated carbocycles. The van der Waals surface area contributed by atoms with Crippen LogP contribution in [-0.4, -0.2) is 48.7 Å². The maximum atomic E-state index is 14.7. The average molecular weight is 493 g/mol. The van der Waals surface area contributed by atoms with Crippen molar-refractivity contribution in [1.82, 2.24) is 10.6 Å². The molecule has 0 unspecified atom stereocenters. The van der Waals surface area contributed by atoms with Gasteiger partial charge in [-0.2, -0.15) is 0 Å². The second-order valence-corrected chi connectivity index (χ2v) is 11.2. The SMILES string of the molecule is COc1cc(F)c(OC2CCC(C)(C(=O)O)CC2)cc1C(=O)N[C@H]1CC[C@H]1C(=O)NCC(C)(C)C. The lowest BCUT2D eigenvalue weighted by Gasteiger charge is -2.36. The smallest absolute Gasteiger partial charge is 0.309 e. The van der Waals surface area contributed by atoms with Crippen LogP contribution in [-0.2, 0) is 9.59 Å². The summed E-state index contributed by atoms with van der Waals surface area (Å²) in [5.41, 5.74) is -0.724. The number of carbonyl (C=O) groups excluding carboxylic acids is 2. The van der Waals surface area contributed by atoms with Crippen molar-refractivity contribution in [2.45, 2.75) is 78.4 Å². The number of rotatable bonds is 8. The molecule has 0 spiro atoms. The van der Waals surface area contributed by atoms with Crippen molar-refractivity contribution in [2.75, 3.05) is 13.7 Å². The van der Waals surface area contributed by atoms with Gasteiger partial charge in [-0.1, -0.05) is 20.8 Å². The van der Waals surface area contributed by atoms with Gasteiger partial charge in [0.05, 0.1) is 30.1 Å². The zero-order valence-corrected chi connectivity index (χ0v) is 21.2. The van der Waals surface area contributed by atoms with Gasteiger partial charge >= 0.3 is 5.97 Å². The van der Waals surface area contributed by atoms with Crippen LogP contribution in [0.5, 0.6) is 11.5 Å². The molecule has 0 bridgehead atoms. The Bertz CT molecular complexity index is 965. The molecule has 0 saturated heterocycles. The van der Waals surface area contributed by atoms with E-state index < -0.39 is 23.1 Å². The fourth-order valence-electron chi connectivity index (χ4n) is 4.43. The Hall–Kier alpha value is -2.84. The monoisotopic (exact) mass is 492 g/mol. The van der Waals surface area contributed by atoms with E-state index in [1.807, 2.05) is 20.8 Å². The number of halogens is 1. The molecule has 0 aromatic heterocycles. The molecular formula is C26H37FN2O6. The van der Waals surface area contributed by atoms with Crippen molar-refractivity contribution in [3.63, 3.8) is 0 Å². The summed E-state index contributed by atoms with van der Waals surface area (Å²) in [6.07, 6.45) is 2.83. The number of carboxylic acid groups (broad SMARTS) is 1. The number of benzene rings is 1. The standard InChI is InChI=1S/C26H37FN2O6/c1-25(2,3)14-28-22(30)16-6-7-19(16)29-23(31)17-12-21(18(27)13-20(17)34-5)35-15-8-10-26(4,11-9-15)24(32)33/h12-13,15-16,19H,6-11,14H2,1-5H3,(H,28,30)(H,29,31)(H,32,33)/t15?,16-,19+,26?/m1/s1. The van der Waals surface area contributed by atoms with E-state index >= 15 is 0 Å². The summed E-state index contributed by atoms with van der Waals surface area (Å²) in [6, 6.07) is 2.12. The van der Waals surface area contributed by atoms with Crippen LogP contribution in [0.2, 0.25) is 0 Å². The quantitative estimate of drug-likeness (QED) is 0.507. The number of carboxylic acids is 1. The maximum Gasteiger partial charge on any atom is 0.309 e. The predicted molar refractivity (Wildman–Crippen MR) is 128 cm³/mol. The molecule has 0 aliphatic heterocycles. The highest BCUT2D eigenvalue weighted by molar-refractivity contribution is 5.98. The first-order valence-electron chi connectivity index (χ1n) is 12.2. The van der Waals surface area contributed by atoms with E-state index in [1.165, 1.54) is 13.2 Å². The van der Waals surface area contributed by atoms with E-state index in [-0.39, 0.29) is 46.4 Å². The van der Waals surface area contributed by atoms with E-state index in [1.54, 1.807) is 6.92 Å². The lowest BCUT2D eigenvalue weighted by molar-refractivity contribution is -0.150. The third kappa shape index (κ3) is 6.44. The van der Waals surface area contributed by atoms with Crippen molar-refractivity contribution < 1.29 is 33.4 Å². The van der Waals surface area contributed by atoms with Crippen LogP contribution < -0.4 is 20.1 Å². The summed E-state index contributed by atoms with van der Waals surface area (Å²) in [4.78, 5) is 37.1. The zero-order chi connectivity index (χ0) is 26.0. The Morgan fingerprint density at radius 1 is 1.11 bits per heavy atom. The number of hydrogen-bond donors (Lipinski definition) is 3. The molecule has 8 nitrogen and oxygen atoms in total. The first-order valence-corrected chi connectivity index (χ1v) is 12.2. The highest BCUT2D eigenvalue weighted by Gasteiger charge is 2.39. The van der Waals surface area contributed by atoms with Gasteiger partial charge in [0, 0.05) is 18.7 Å². The molecule has 2 aliphatic carbocycles. The van der Waals surface area contributed by atoms with E-state index in [0.29, 0.717) is 45.1 Å². The molecule has 0 heterocycles. The van der Waals surface area contributed by atoms with E-state index in [9.17, 15) is 23.9 Å². The minimum atomic E-state index is -0.841. The predicted octanol–water partition coefficient (Wildman–Crippen LogP) is 3.92. The Labute approximate surface area is 205 Å². The molecule has 9 heteroatoms. The highest BCUT2D eigenvalue weighted by atomic mass is 19.1. The van der Waals surface area contributed by atoms with Crippen molar-refractivity contribution in [3.05, 3.63) is 23.5 Å². The van der Waals surface area contributed by atoms with Gasteiger partial charge in [0.15, 0.2) is 11.6 Å². The Morgan fingerprint density at radius 2 is 1.77 bits per heavy atom. The minimum absolute atomic E-state index is 0.0411. The Balaban J connectivity index is 1.67. The van der Waals surface area contributed by atoms with Gasteiger partial charge < -0.3 is 25.2 Å². The van der Waals surface area contributed by atoms with Crippen molar-refractivity contribution >= 4 is 17.8 Å². The highest BCUT2D eigenvalue weighted by Crippen LogP contribution is 2.39. The van der Waals surface area contributed by atoms with Gasteiger partial charge in [0.1, 0.15) is 5.75 Å². The van der Waals surface area contributed by atoms with Gasteiger partial charge in [-0.05, 0) is 56.9 Å². The molecule has 194 valence electrons. The van der Waals surface area contributed by atoms with Gasteiger partial charge in [0.25, 0.3) is 5.91 Å². The van der Waals surface area contributed by atoms with Crippen molar-refractivity contribution in [3.8, 4) is 11.5 Å². The Morgan fingerprint density at radius 3 is 2.29 bits per heavy atom. The summed E-state index contributed by atoms with van der Waals surface area (Å²) in [5.74, 6) is -2.37. The average Bonchev–Trinajstić information content (AvgIpc) is 2.77. The lowest BCUT2D eigenvalue weighted by Crippen LogP contribution is -2.53. The molecule has 3 rings (SSSR count). The number of hydrogen-bond acceptors (Lipinski definition) is 5. The molecular weight excluding hydrogens is 455 g/mol. The van der Waals surface area contributed by atoms with Crippen LogP contribution in [0.4, 0.5) is 4.39 Å². The van der Waals surface area contributed by atoms with E-state index in [2.05, 4.69) is 10.6 Å². The molecule has 1 aromatic carbocycles. The summed E-state index contributed by atoms with van der Waals surface area (Å²) < 4.78 is 25.8. The third-order valence-corrected chi connectivity index (χ3v) is 7.07. The molecule has 1 aromatic rings. The number of amides is 2. The molecule has 35 heavy (non-hydrogen) atoms. The first kappa shape index (κ1) is 26.8. The van der Waals surface area contributed by atoms with Gasteiger partial charge in [-0.3, -0.25) is 14.4 Å². The number of carbonyl (C=O) groups is 3. The van der Waals surface area contributed by atoms with Gasteiger partial charge in [0.2, 0.25) is 5.91 Å². The normalized spacial score (nSPS) is 26.3. The maximum absolute atomic E-state index is 14.7. The number of nitrogens with one attached hydrogen (secondary N) is 2. The largest absolute Gasteiger partial charge is 0.496 e. The van der Waals surface area contributed by atoms with Crippen molar-refractivity contribution in [1.29, 1.82) is 0 Å². The van der Waals surface area contributed by atoms with Gasteiger partial charge in [-0.15, -0.1) is 0 Å². The molecule has 2 fully saturated rings. The number of methoxy groups -OCH3 is 1. The van der Waals surface area contributed by atoms with Gasteiger partial charge in [-0.25, -0.2) is 4.39 Å². The summed E-state index contributed by atoms with van der Waals surface area (Å²) in [7, 11) is 1.35. The van der Waals surface area contributed by atoms with Crippen LogP contribution in [0.1, 0.15) is 76.6 Å². The van der Waals surface area contributed by atoms with Crippen LogP contribution in [0.25, 0.3) is 0 Å². The van der Waals surface area contributed by atoms with Crippen molar-refractivity contribution in [2.24, 2.45) is 16.7 Å². The topological polar surface area (TPSA) is 114 Å². The van der Waals surface area contributed by atoms with Crippen LogP contribution in [0, 0.1) is 22.6 Å². The molecule has 0 radical (unpaired) electrons. The second kappa shape index (κ2) is 10.4. The molecule has 2 amide bonds. The van der Waals surface area contributed by atoms with E-state index in [0.717, 1.165) is 6.07 Å². The lowest BCUT2D eigenvalue weighted by atomic mass is 9.75. The van der Waals surface area contributed by atoms with Crippen LogP contribution in [0.15, 0.2) is 12.1 Å². The zero-order valence-electron chi connectivity index (χ0n) is 21.2. The fourth-order valence-corrected chi connectivity index (χ4v) is 4.43. The fraction of sp³-hybridized carbons (Fsp3) is 0.654.